The smallest absolute Gasteiger partial charge is 0.334 e. The topological polar surface area (TPSA) is 63.9 Å². The predicted octanol–water partition coefficient (Wildman–Crippen LogP) is 1.56. The normalized spacial score (nSPS) is 11.7. The summed E-state index contributed by atoms with van der Waals surface area (Å²) >= 11 is 0.861. The average molecular weight is 305 g/mol. The molecule has 0 atom stereocenters. The highest BCUT2D eigenvalue weighted by atomic mass is 32.1. The monoisotopic (exact) mass is 305 g/mol. The zero-order valence-corrected chi connectivity index (χ0v) is 11.4. The maximum absolute atomic E-state index is 12.4. The molecule has 0 fully saturated rings. The second-order valence-electron chi connectivity index (χ2n) is 4.03. The van der Waals surface area contributed by atoms with Crippen LogP contribution in [-0.4, -0.2) is 37.8 Å². The maximum atomic E-state index is 12.4. The van der Waals surface area contributed by atoms with Gasteiger partial charge in [0.1, 0.15) is 10.7 Å². The first-order valence-electron chi connectivity index (χ1n) is 5.41. The summed E-state index contributed by atoms with van der Waals surface area (Å²) in [5.41, 5.74) is -0.694. The van der Waals surface area contributed by atoms with Crippen LogP contribution in [0.4, 0.5) is 13.2 Å². The van der Waals surface area contributed by atoms with E-state index >= 15 is 0 Å². The van der Waals surface area contributed by atoms with Gasteiger partial charge in [0.25, 0.3) is 5.91 Å². The van der Waals surface area contributed by atoms with E-state index in [1.807, 2.05) is 0 Å². The van der Waals surface area contributed by atoms with Crippen LogP contribution < -0.4 is 0 Å². The number of aryl methyl sites for hydroxylation is 1. The van der Waals surface area contributed by atoms with Crippen LogP contribution in [0.1, 0.15) is 21.2 Å². The van der Waals surface area contributed by atoms with Gasteiger partial charge in [-0.15, -0.1) is 16.4 Å². The van der Waals surface area contributed by atoms with E-state index in [1.54, 1.807) is 7.05 Å². The fraction of sp³-hybridized carbons (Fsp3) is 0.400. The quantitative estimate of drug-likeness (QED) is 0.863. The lowest BCUT2D eigenvalue weighted by molar-refractivity contribution is -0.140. The van der Waals surface area contributed by atoms with Gasteiger partial charge in [0.2, 0.25) is 0 Å². The van der Waals surface area contributed by atoms with Gasteiger partial charge in [0.05, 0.1) is 12.7 Å². The van der Waals surface area contributed by atoms with E-state index in [9.17, 15) is 18.0 Å². The van der Waals surface area contributed by atoms with Crippen molar-refractivity contribution < 1.29 is 18.0 Å². The van der Waals surface area contributed by atoms with Crippen LogP contribution in [0, 0.1) is 0 Å². The van der Waals surface area contributed by atoms with E-state index in [-0.39, 0.29) is 23.2 Å². The Morgan fingerprint density at radius 1 is 1.50 bits per heavy atom. The van der Waals surface area contributed by atoms with Crippen LogP contribution >= 0.6 is 11.3 Å². The van der Waals surface area contributed by atoms with Crippen molar-refractivity contribution in [1.29, 1.82) is 0 Å². The molecule has 0 aromatic carbocycles. The number of amides is 1. The van der Waals surface area contributed by atoms with Gasteiger partial charge in [-0.25, -0.2) is 9.67 Å². The lowest BCUT2D eigenvalue weighted by atomic mass is 10.4. The largest absolute Gasteiger partial charge is 0.434 e. The zero-order valence-electron chi connectivity index (χ0n) is 10.5. The molecule has 0 bridgehead atoms. The summed E-state index contributed by atoms with van der Waals surface area (Å²) in [6.07, 6.45) is -3.18. The minimum Gasteiger partial charge on any atom is -0.334 e. The van der Waals surface area contributed by atoms with E-state index in [0.29, 0.717) is 0 Å². The number of hydrogen-bond donors (Lipinski definition) is 0. The summed E-state index contributed by atoms with van der Waals surface area (Å²) in [4.78, 5) is 16.7. The number of nitrogens with zero attached hydrogens (tertiary/aromatic N) is 5. The summed E-state index contributed by atoms with van der Waals surface area (Å²) in [7, 11) is 3.03. The summed E-state index contributed by atoms with van der Waals surface area (Å²) in [6, 6.07) is 0. The second kappa shape index (κ2) is 5.19. The van der Waals surface area contributed by atoms with Crippen LogP contribution in [0.3, 0.4) is 0 Å². The molecule has 6 nitrogen and oxygen atoms in total. The SMILES string of the molecule is CN(Cc1nc(C(F)(F)F)cs1)C(=O)c1cnnn1C. The van der Waals surface area contributed by atoms with Gasteiger partial charge in [0.15, 0.2) is 5.69 Å². The molecule has 0 saturated carbocycles. The molecule has 2 aromatic rings. The van der Waals surface area contributed by atoms with Crippen molar-refractivity contribution >= 4 is 17.2 Å². The summed E-state index contributed by atoms with van der Waals surface area (Å²) in [5.74, 6) is -0.388. The van der Waals surface area contributed by atoms with E-state index in [4.69, 9.17) is 0 Å². The predicted molar refractivity (Wildman–Crippen MR) is 63.9 cm³/mol. The molecule has 0 radical (unpaired) electrons. The van der Waals surface area contributed by atoms with Gasteiger partial charge in [-0.3, -0.25) is 4.79 Å². The fourth-order valence-corrected chi connectivity index (χ4v) is 2.32. The Bertz CT molecular complexity index is 620. The van der Waals surface area contributed by atoms with Crippen LogP contribution in [0.15, 0.2) is 11.6 Å². The second-order valence-corrected chi connectivity index (χ2v) is 4.97. The molecule has 0 aliphatic rings. The first-order chi connectivity index (χ1) is 9.29. The van der Waals surface area contributed by atoms with Crippen molar-refractivity contribution in [3.05, 3.63) is 28.0 Å². The van der Waals surface area contributed by atoms with Gasteiger partial charge in [0, 0.05) is 19.5 Å². The molecule has 2 aromatic heterocycles. The van der Waals surface area contributed by atoms with Crippen molar-refractivity contribution in [3.8, 4) is 0 Å². The van der Waals surface area contributed by atoms with E-state index < -0.39 is 11.9 Å². The van der Waals surface area contributed by atoms with E-state index in [0.717, 1.165) is 16.7 Å². The van der Waals surface area contributed by atoms with Gasteiger partial charge in [-0.2, -0.15) is 13.2 Å². The lowest BCUT2D eigenvalue weighted by Gasteiger charge is -2.14. The Labute approximate surface area is 115 Å². The Balaban J connectivity index is 2.08. The van der Waals surface area contributed by atoms with Gasteiger partial charge in [-0.05, 0) is 0 Å². The molecule has 2 heterocycles. The Morgan fingerprint density at radius 2 is 2.20 bits per heavy atom. The van der Waals surface area contributed by atoms with Crippen molar-refractivity contribution in [1.82, 2.24) is 24.9 Å². The van der Waals surface area contributed by atoms with Crippen LogP contribution in [0.2, 0.25) is 0 Å². The van der Waals surface area contributed by atoms with E-state index in [1.165, 1.54) is 22.8 Å². The number of rotatable bonds is 3. The molecular formula is C10H10F3N5OS. The minimum absolute atomic E-state index is 0.00917. The fourth-order valence-electron chi connectivity index (χ4n) is 1.47. The highest BCUT2D eigenvalue weighted by Crippen LogP contribution is 2.30. The highest BCUT2D eigenvalue weighted by Gasteiger charge is 2.33. The molecular weight excluding hydrogens is 295 g/mol. The lowest BCUT2D eigenvalue weighted by Crippen LogP contribution is -2.28. The molecule has 2 rings (SSSR count). The van der Waals surface area contributed by atoms with E-state index in [2.05, 4.69) is 15.3 Å². The van der Waals surface area contributed by atoms with Crippen molar-refractivity contribution in [2.75, 3.05) is 7.05 Å². The van der Waals surface area contributed by atoms with Crippen LogP contribution in [-0.2, 0) is 19.8 Å². The summed E-state index contributed by atoms with van der Waals surface area (Å²) in [6.45, 7) is -0.00917. The summed E-state index contributed by atoms with van der Waals surface area (Å²) in [5, 5.41) is 8.33. The Morgan fingerprint density at radius 3 is 2.70 bits per heavy atom. The molecule has 1 amide bonds. The molecule has 0 aliphatic heterocycles. The molecule has 0 unspecified atom stereocenters. The first-order valence-corrected chi connectivity index (χ1v) is 6.28. The van der Waals surface area contributed by atoms with Crippen molar-refractivity contribution in [2.24, 2.45) is 7.05 Å². The third-order valence-corrected chi connectivity index (χ3v) is 3.33. The minimum atomic E-state index is -4.47. The zero-order chi connectivity index (χ0) is 14.9. The molecule has 108 valence electrons. The maximum Gasteiger partial charge on any atom is 0.434 e. The number of alkyl halides is 3. The molecule has 10 heteroatoms. The standard InChI is InChI=1S/C10H10F3N5OS/c1-17(9(19)6-3-14-16-18(6)2)4-8-15-7(5-20-8)10(11,12)13/h3,5H,4H2,1-2H3. The van der Waals surface area contributed by atoms with Gasteiger partial charge >= 0.3 is 6.18 Å². The summed E-state index contributed by atoms with van der Waals surface area (Å²) < 4.78 is 38.5. The number of halogens is 3. The number of carbonyl (C=O) groups excluding carboxylic acids is 1. The third kappa shape index (κ3) is 2.95. The molecule has 0 N–H and O–H groups in total. The number of carbonyl (C=O) groups is 1. The Hall–Kier alpha value is -1.97. The number of aromatic nitrogens is 4. The number of hydrogen-bond acceptors (Lipinski definition) is 5. The van der Waals surface area contributed by atoms with Crippen molar-refractivity contribution in [3.63, 3.8) is 0 Å². The number of thiazole rings is 1. The van der Waals surface area contributed by atoms with Gasteiger partial charge in [-0.1, -0.05) is 5.21 Å². The van der Waals surface area contributed by atoms with Crippen molar-refractivity contribution in [2.45, 2.75) is 12.7 Å². The molecule has 0 aliphatic carbocycles. The third-order valence-electron chi connectivity index (χ3n) is 2.49. The molecule has 0 saturated heterocycles. The molecule has 20 heavy (non-hydrogen) atoms. The highest BCUT2D eigenvalue weighted by molar-refractivity contribution is 7.09. The Kier molecular flexibility index (Phi) is 3.75. The van der Waals surface area contributed by atoms with Gasteiger partial charge < -0.3 is 4.90 Å². The molecule has 0 spiro atoms. The average Bonchev–Trinajstić information content (AvgIpc) is 2.96. The first kappa shape index (κ1) is 14.4. The van der Waals surface area contributed by atoms with Crippen LogP contribution in [0.5, 0.6) is 0 Å². The van der Waals surface area contributed by atoms with Crippen LogP contribution in [0.25, 0.3) is 0 Å².